The van der Waals surface area contributed by atoms with Crippen LogP contribution in [0, 0.1) is 10.1 Å². The Labute approximate surface area is 153 Å². The monoisotopic (exact) mass is 381 g/mol. The summed E-state index contributed by atoms with van der Waals surface area (Å²) in [6.07, 6.45) is 0. The second kappa shape index (κ2) is 6.90. The maximum absolute atomic E-state index is 12.5. The zero-order chi connectivity index (χ0) is 18.1. The molecule has 0 spiro atoms. The summed E-state index contributed by atoms with van der Waals surface area (Å²) >= 11 is 12.1. The van der Waals surface area contributed by atoms with Crippen molar-refractivity contribution in [1.29, 1.82) is 0 Å². The van der Waals surface area contributed by atoms with Gasteiger partial charge < -0.3 is 9.47 Å². The van der Waals surface area contributed by atoms with Gasteiger partial charge in [0.2, 0.25) is 6.54 Å². The zero-order valence-electron chi connectivity index (χ0n) is 13.1. The molecule has 0 saturated carbocycles. The molecule has 0 fully saturated rings. The number of esters is 1. The Balaban J connectivity index is 2.28. The first kappa shape index (κ1) is 17.5. The SMILES string of the molecule is COC(=O)C1c2cc(Cl)ccc2Oc2ccc(Cl)cc2C1C[N+](=O)[O-]. The van der Waals surface area contributed by atoms with E-state index >= 15 is 0 Å². The van der Waals surface area contributed by atoms with Crippen molar-refractivity contribution in [2.24, 2.45) is 0 Å². The molecule has 130 valence electrons. The third kappa shape index (κ3) is 3.41. The lowest BCUT2D eigenvalue weighted by Gasteiger charge is -2.21. The third-order valence-corrected chi connectivity index (χ3v) is 4.57. The summed E-state index contributed by atoms with van der Waals surface area (Å²) in [5.74, 6) is -1.55. The minimum atomic E-state index is -0.941. The van der Waals surface area contributed by atoms with Gasteiger partial charge in [-0.2, -0.15) is 0 Å². The minimum Gasteiger partial charge on any atom is -0.469 e. The normalized spacial score (nSPS) is 18.4. The molecule has 1 aliphatic rings. The second-order valence-corrected chi connectivity index (χ2v) is 6.46. The van der Waals surface area contributed by atoms with Gasteiger partial charge in [-0.25, -0.2) is 0 Å². The molecule has 1 aliphatic heterocycles. The van der Waals surface area contributed by atoms with Crippen LogP contribution >= 0.6 is 23.2 Å². The van der Waals surface area contributed by atoms with Crippen molar-refractivity contribution in [3.63, 3.8) is 0 Å². The molecule has 2 aromatic carbocycles. The fourth-order valence-electron chi connectivity index (χ4n) is 3.05. The van der Waals surface area contributed by atoms with Gasteiger partial charge in [-0.3, -0.25) is 14.9 Å². The molecular weight excluding hydrogens is 369 g/mol. The number of nitro groups is 1. The molecule has 8 heteroatoms. The van der Waals surface area contributed by atoms with E-state index in [-0.39, 0.29) is 0 Å². The van der Waals surface area contributed by atoms with Gasteiger partial charge in [0.25, 0.3) is 0 Å². The lowest BCUT2D eigenvalue weighted by Crippen LogP contribution is -2.26. The Morgan fingerprint density at radius 1 is 1.16 bits per heavy atom. The number of carbonyl (C=O) groups is 1. The summed E-state index contributed by atoms with van der Waals surface area (Å²) in [7, 11) is 1.24. The van der Waals surface area contributed by atoms with E-state index in [9.17, 15) is 14.9 Å². The number of rotatable bonds is 3. The Morgan fingerprint density at radius 3 is 2.28 bits per heavy atom. The van der Waals surface area contributed by atoms with Crippen molar-refractivity contribution in [3.05, 3.63) is 67.7 Å². The molecule has 2 atom stereocenters. The van der Waals surface area contributed by atoms with Crippen LogP contribution in [0.3, 0.4) is 0 Å². The van der Waals surface area contributed by atoms with E-state index in [2.05, 4.69) is 0 Å². The number of methoxy groups -OCH3 is 1. The van der Waals surface area contributed by atoms with Crippen molar-refractivity contribution >= 4 is 29.2 Å². The Morgan fingerprint density at radius 2 is 1.72 bits per heavy atom. The second-order valence-electron chi connectivity index (χ2n) is 5.59. The Kier molecular flexibility index (Phi) is 4.83. The average molecular weight is 382 g/mol. The van der Waals surface area contributed by atoms with Crippen LogP contribution in [0.5, 0.6) is 11.5 Å². The predicted octanol–water partition coefficient (Wildman–Crippen LogP) is 4.42. The van der Waals surface area contributed by atoms with E-state index in [0.717, 1.165) is 0 Å². The van der Waals surface area contributed by atoms with E-state index < -0.39 is 29.3 Å². The van der Waals surface area contributed by atoms with Crippen LogP contribution in [0.25, 0.3) is 0 Å². The van der Waals surface area contributed by atoms with E-state index in [1.54, 1.807) is 36.4 Å². The number of fused-ring (bicyclic) bond motifs is 2. The highest BCUT2D eigenvalue weighted by molar-refractivity contribution is 6.31. The largest absolute Gasteiger partial charge is 0.469 e. The number of ether oxygens (including phenoxy) is 2. The van der Waals surface area contributed by atoms with Gasteiger partial charge in [-0.15, -0.1) is 0 Å². The van der Waals surface area contributed by atoms with Gasteiger partial charge in [-0.05, 0) is 36.4 Å². The highest BCUT2D eigenvalue weighted by atomic mass is 35.5. The molecule has 1 heterocycles. The molecule has 0 bridgehead atoms. The van der Waals surface area contributed by atoms with Crippen molar-refractivity contribution in [2.75, 3.05) is 13.7 Å². The number of nitrogens with zero attached hydrogens (tertiary/aromatic N) is 1. The first-order chi connectivity index (χ1) is 11.9. The summed E-state index contributed by atoms with van der Waals surface area (Å²) in [5.41, 5.74) is 0.922. The molecule has 0 amide bonds. The van der Waals surface area contributed by atoms with Crippen LogP contribution < -0.4 is 4.74 Å². The van der Waals surface area contributed by atoms with E-state index in [1.165, 1.54) is 7.11 Å². The van der Waals surface area contributed by atoms with Gasteiger partial charge in [-0.1, -0.05) is 23.2 Å². The van der Waals surface area contributed by atoms with Gasteiger partial charge in [0.15, 0.2) is 0 Å². The summed E-state index contributed by atoms with van der Waals surface area (Å²) < 4.78 is 10.8. The molecule has 25 heavy (non-hydrogen) atoms. The molecule has 0 N–H and O–H groups in total. The standard InChI is InChI=1S/C17H13Cl2NO5/c1-24-17(21)16-12-7-10(19)3-5-15(12)25-14-4-2-9(18)6-11(14)13(16)8-20(22)23/h2-7,13,16H,8H2,1H3. The maximum Gasteiger partial charge on any atom is 0.314 e. The zero-order valence-corrected chi connectivity index (χ0v) is 14.6. The summed E-state index contributed by atoms with van der Waals surface area (Å²) in [6, 6.07) is 9.65. The van der Waals surface area contributed by atoms with E-state index in [4.69, 9.17) is 32.7 Å². The summed E-state index contributed by atoms with van der Waals surface area (Å²) in [4.78, 5) is 23.3. The first-order valence-electron chi connectivity index (χ1n) is 7.37. The number of carbonyl (C=O) groups excluding carboxylic acids is 1. The lowest BCUT2D eigenvalue weighted by atomic mass is 9.81. The topological polar surface area (TPSA) is 78.7 Å². The summed E-state index contributed by atoms with van der Waals surface area (Å²) in [6.45, 7) is -0.484. The van der Waals surface area contributed by atoms with Gasteiger partial charge in [0.05, 0.1) is 18.9 Å². The maximum atomic E-state index is 12.5. The fourth-order valence-corrected chi connectivity index (χ4v) is 3.42. The van der Waals surface area contributed by atoms with Crippen molar-refractivity contribution in [2.45, 2.75) is 11.8 Å². The number of hydrogen-bond donors (Lipinski definition) is 0. The quantitative estimate of drug-likeness (QED) is 0.446. The van der Waals surface area contributed by atoms with E-state index in [1.807, 2.05) is 0 Å². The summed E-state index contributed by atoms with van der Waals surface area (Å²) in [5, 5.41) is 12.0. The van der Waals surface area contributed by atoms with Crippen LogP contribution in [0.4, 0.5) is 0 Å². The van der Waals surface area contributed by atoms with Crippen molar-refractivity contribution in [3.8, 4) is 11.5 Å². The smallest absolute Gasteiger partial charge is 0.314 e. The van der Waals surface area contributed by atoms with Gasteiger partial charge in [0, 0.05) is 26.1 Å². The van der Waals surface area contributed by atoms with Gasteiger partial charge in [0.1, 0.15) is 11.5 Å². The van der Waals surface area contributed by atoms with Crippen LogP contribution in [-0.2, 0) is 9.53 Å². The molecule has 2 aromatic rings. The van der Waals surface area contributed by atoms with Crippen molar-refractivity contribution in [1.82, 2.24) is 0 Å². The molecule has 0 saturated heterocycles. The molecule has 0 radical (unpaired) electrons. The minimum absolute atomic E-state index is 0.389. The molecule has 3 rings (SSSR count). The Hall–Kier alpha value is -2.31. The number of benzene rings is 2. The van der Waals surface area contributed by atoms with Gasteiger partial charge >= 0.3 is 5.97 Å². The van der Waals surface area contributed by atoms with Crippen molar-refractivity contribution < 1.29 is 19.2 Å². The van der Waals surface area contributed by atoms with Crippen LogP contribution in [0.1, 0.15) is 23.0 Å². The molecule has 2 unspecified atom stereocenters. The fraction of sp³-hybridized carbons (Fsp3) is 0.235. The molecule has 6 nitrogen and oxygen atoms in total. The Bertz CT molecular complexity index is 855. The molecule has 0 aromatic heterocycles. The highest BCUT2D eigenvalue weighted by Gasteiger charge is 2.41. The van der Waals surface area contributed by atoms with Crippen LogP contribution in [0.15, 0.2) is 36.4 Å². The molecule has 0 aliphatic carbocycles. The van der Waals surface area contributed by atoms with Crippen LogP contribution in [-0.4, -0.2) is 24.5 Å². The lowest BCUT2D eigenvalue weighted by molar-refractivity contribution is -0.483. The molecular formula is C17H13Cl2NO5. The number of hydrogen-bond acceptors (Lipinski definition) is 5. The first-order valence-corrected chi connectivity index (χ1v) is 8.12. The average Bonchev–Trinajstić information content (AvgIpc) is 2.68. The van der Waals surface area contributed by atoms with E-state index in [0.29, 0.717) is 32.7 Å². The highest BCUT2D eigenvalue weighted by Crippen LogP contribution is 2.48. The third-order valence-electron chi connectivity index (χ3n) is 4.10. The number of halogens is 2. The van der Waals surface area contributed by atoms with Crippen LogP contribution in [0.2, 0.25) is 10.0 Å². The predicted molar refractivity (Wildman–Crippen MR) is 92.3 cm³/mol.